The molecule has 0 aliphatic carbocycles. The van der Waals surface area contributed by atoms with E-state index in [0.29, 0.717) is 25.6 Å². The molecule has 1 atom stereocenters. The van der Waals surface area contributed by atoms with Crippen LogP contribution in [0.1, 0.15) is 32.4 Å². The molecule has 1 aliphatic heterocycles. The number of aryl methyl sites for hydroxylation is 1. The van der Waals surface area contributed by atoms with Crippen LogP contribution in [0.25, 0.3) is 0 Å². The summed E-state index contributed by atoms with van der Waals surface area (Å²) < 4.78 is 0. The van der Waals surface area contributed by atoms with Gasteiger partial charge in [0.1, 0.15) is 0 Å². The minimum Gasteiger partial charge on any atom is -0.338 e. The SMILES string of the molecule is Cc1cc(NC(=O)[C@H]2CCCN(C(=O)NCC(C)C)C2)ccn1. The van der Waals surface area contributed by atoms with E-state index < -0.39 is 0 Å². The first kappa shape index (κ1) is 17.2. The number of hydrogen-bond donors (Lipinski definition) is 2. The third-order valence-electron chi connectivity index (χ3n) is 3.91. The van der Waals surface area contributed by atoms with E-state index in [0.717, 1.165) is 24.2 Å². The van der Waals surface area contributed by atoms with Crippen LogP contribution in [-0.4, -0.2) is 41.5 Å². The van der Waals surface area contributed by atoms with Gasteiger partial charge < -0.3 is 15.5 Å². The molecule has 2 rings (SSSR count). The van der Waals surface area contributed by atoms with Crippen molar-refractivity contribution in [1.29, 1.82) is 0 Å². The second-order valence-corrected chi connectivity index (χ2v) is 6.54. The Morgan fingerprint density at radius 2 is 2.22 bits per heavy atom. The molecule has 126 valence electrons. The Morgan fingerprint density at radius 3 is 2.91 bits per heavy atom. The molecule has 0 aromatic carbocycles. The average molecular weight is 318 g/mol. The van der Waals surface area contributed by atoms with Crippen LogP contribution in [0.3, 0.4) is 0 Å². The van der Waals surface area contributed by atoms with Gasteiger partial charge in [-0.25, -0.2) is 4.79 Å². The molecule has 0 saturated carbocycles. The van der Waals surface area contributed by atoms with Crippen LogP contribution in [0, 0.1) is 18.8 Å². The van der Waals surface area contributed by atoms with Gasteiger partial charge in [-0.3, -0.25) is 9.78 Å². The van der Waals surface area contributed by atoms with Gasteiger partial charge in [-0.15, -0.1) is 0 Å². The van der Waals surface area contributed by atoms with E-state index in [1.165, 1.54) is 0 Å². The molecular weight excluding hydrogens is 292 g/mol. The number of aromatic nitrogens is 1. The molecule has 6 heteroatoms. The van der Waals surface area contributed by atoms with Gasteiger partial charge in [-0.05, 0) is 37.8 Å². The Balaban J connectivity index is 1.89. The first-order valence-corrected chi connectivity index (χ1v) is 8.22. The summed E-state index contributed by atoms with van der Waals surface area (Å²) >= 11 is 0. The maximum Gasteiger partial charge on any atom is 0.317 e. The van der Waals surface area contributed by atoms with E-state index in [2.05, 4.69) is 29.5 Å². The van der Waals surface area contributed by atoms with E-state index >= 15 is 0 Å². The van der Waals surface area contributed by atoms with Crippen molar-refractivity contribution in [2.75, 3.05) is 25.0 Å². The molecule has 2 N–H and O–H groups in total. The summed E-state index contributed by atoms with van der Waals surface area (Å²) in [5.74, 6) is 0.219. The van der Waals surface area contributed by atoms with Crippen LogP contribution >= 0.6 is 0 Å². The summed E-state index contributed by atoms with van der Waals surface area (Å²) in [6.07, 6.45) is 3.34. The van der Waals surface area contributed by atoms with E-state index in [4.69, 9.17) is 0 Å². The summed E-state index contributed by atoms with van der Waals surface area (Å²) in [7, 11) is 0. The van der Waals surface area contributed by atoms with Gasteiger partial charge in [-0.2, -0.15) is 0 Å². The van der Waals surface area contributed by atoms with Gasteiger partial charge in [0.2, 0.25) is 5.91 Å². The van der Waals surface area contributed by atoms with Crippen LogP contribution in [0.2, 0.25) is 0 Å². The number of urea groups is 1. The summed E-state index contributed by atoms with van der Waals surface area (Å²) in [6, 6.07) is 3.55. The van der Waals surface area contributed by atoms with Crippen molar-refractivity contribution in [3.05, 3.63) is 24.0 Å². The van der Waals surface area contributed by atoms with E-state index in [-0.39, 0.29) is 17.9 Å². The highest BCUT2D eigenvalue weighted by Crippen LogP contribution is 2.19. The van der Waals surface area contributed by atoms with Gasteiger partial charge in [0, 0.05) is 37.2 Å². The zero-order chi connectivity index (χ0) is 16.8. The molecular formula is C17H26N4O2. The lowest BCUT2D eigenvalue weighted by Crippen LogP contribution is -2.48. The number of piperidine rings is 1. The van der Waals surface area contributed by atoms with Crippen molar-refractivity contribution in [3.8, 4) is 0 Å². The Bertz CT molecular complexity index is 559. The van der Waals surface area contributed by atoms with E-state index in [1.54, 1.807) is 17.2 Å². The van der Waals surface area contributed by atoms with Crippen molar-refractivity contribution < 1.29 is 9.59 Å². The summed E-state index contributed by atoms with van der Waals surface area (Å²) in [6.45, 7) is 7.84. The van der Waals surface area contributed by atoms with Crippen molar-refractivity contribution in [2.45, 2.75) is 33.6 Å². The quantitative estimate of drug-likeness (QED) is 0.895. The zero-order valence-electron chi connectivity index (χ0n) is 14.1. The van der Waals surface area contributed by atoms with Gasteiger partial charge in [-0.1, -0.05) is 13.8 Å². The minimum atomic E-state index is -0.165. The lowest BCUT2D eigenvalue weighted by Gasteiger charge is -2.32. The standard InChI is InChI=1S/C17H26N4O2/c1-12(2)10-19-17(23)21-8-4-5-14(11-21)16(22)20-15-6-7-18-13(3)9-15/h6-7,9,12,14H,4-5,8,10-11H2,1-3H3,(H,19,23)(H,18,20,22)/t14-/m0/s1. The third kappa shape index (κ3) is 5.23. The topological polar surface area (TPSA) is 74.3 Å². The van der Waals surface area contributed by atoms with Gasteiger partial charge >= 0.3 is 6.03 Å². The van der Waals surface area contributed by atoms with Crippen molar-refractivity contribution >= 4 is 17.6 Å². The Hall–Kier alpha value is -2.11. The number of likely N-dealkylation sites (tertiary alicyclic amines) is 1. The fraction of sp³-hybridized carbons (Fsp3) is 0.588. The normalized spacial score (nSPS) is 17.9. The molecule has 1 aromatic heterocycles. The van der Waals surface area contributed by atoms with Crippen molar-refractivity contribution in [1.82, 2.24) is 15.2 Å². The fourth-order valence-electron chi connectivity index (χ4n) is 2.65. The third-order valence-corrected chi connectivity index (χ3v) is 3.91. The number of carbonyl (C=O) groups excluding carboxylic acids is 2. The van der Waals surface area contributed by atoms with Crippen LogP contribution in [0.15, 0.2) is 18.3 Å². The molecule has 23 heavy (non-hydrogen) atoms. The Labute approximate surface area is 137 Å². The molecule has 1 aliphatic rings. The molecule has 2 heterocycles. The number of rotatable bonds is 4. The van der Waals surface area contributed by atoms with E-state index in [1.807, 2.05) is 13.0 Å². The highest BCUT2D eigenvalue weighted by Gasteiger charge is 2.28. The first-order valence-electron chi connectivity index (χ1n) is 8.22. The lowest BCUT2D eigenvalue weighted by atomic mass is 9.97. The number of anilines is 1. The second kappa shape index (κ2) is 7.94. The van der Waals surface area contributed by atoms with Crippen LogP contribution < -0.4 is 10.6 Å². The average Bonchev–Trinajstić information content (AvgIpc) is 2.52. The number of pyridine rings is 1. The molecule has 1 fully saturated rings. The highest BCUT2D eigenvalue weighted by atomic mass is 16.2. The molecule has 3 amide bonds. The maximum absolute atomic E-state index is 12.4. The van der Waals surface area contributed by atoms with E-state index in [9.17, 15) is 9.59 Å². The van der Waals surface area contributed by atoms with Crippen LogP contribution in [-0.2, 0) is 4.79 Å². The first-order chi connectivity index (χ1) is 11.0. The van der Waals surface area contributed by atoms with Crippen molar-refractivity contribution in [3.63, 3.8) is 0 Å². The monoisotopic (exact) mass is 318 g/mol. The summed E-state index contributed by atoms with van der Waals surface area (Å²) in [5, 5.41) is 5.84. The molecule has 0 bridgehead atoms. The minimum absolute atomic E-state index is 0.0306. The Morgan fingerprint density at radius 1 is 1.43 bits per heavy atom. The number of carbonyl (C=O) groups is 2. The maximum atomic E-state index is 12.4. The predicted molar refractivity (Wildman–Crippen MR) is 90.1 cm³/mol. The molecule has 1 aromatic rings. The molecule has 0 radical (unpaired) electrons. The summed E-state index contributed by atoms with van der Waals surface area (Å²) in [5.41, 5.74) is 1.62. The molecule has 1 saturated heterocycles. The second-order valence-electron chi connectivity index (χ2n) is 6.54. The number of nitrogens with one attached hydrogen (secondary N) is 2. The van der Waals surface area contributed by atoms with Crippen molar-refractivity contribution in [2.24, 2.45) is 11.8 Å². The predicted octanol–water partition coefficient (Wildman–Crippen LogP) is 2.41. The van der Waals surface area contributed by atoms with Crippen LogP contribution in [0.4, 0.5) is 10.5 Å². The van der Waals surface area contributed by atoms with Gasteiger partial charge in [0.15, 0.2) is 0 Å². The largest absolute Gasteiger partial charge is 0.338 e. The lowest BCUT2D eigenvalue weighted by molar-refractivity contribution is -0.121. The highest BCUT2D eigenvalue weighted by molar-refractivity contribution is 5.93. The molecule has 0 unspecified atom stereocenters. The van der Waals surface area contributed by atoms with Crippen LogP contribution in [0.5, 0.6) is 0 Å². The Kier molecular flexibility index (Phi) is 5.96. The zero-order valence-corrected chi connectivity index (χ0v) is 14.1. The fourth-order valence-corrected chi connectivity index (χ4v) is 2.65. The number of amides is 3. The number of hydrogen-bond acceptors (Lipinski definition) is 3. The molecule has 6 nitrogen and oxygen atoms in total. The van der Waals surface area contributed by atoms with Gasteiger partial charge in [0.25, 0.3) is 0 Å². The smallest absolute Gasteiger partial charge is 0.317 e. The van der Waals surface area contributed by atoms with Gasteiger partial charge in [0.05, 0.1) is 5.92 Å². The number of nitrogens with zero attached hydrogens (tertiary/aromatic N) is 2. The molecule has 0 spiro atoms. The summed E-state index contributed by atoms with van der Waals surface area (Å²) in [4.78, 5) is 30.4.